The molecule has 1 amide bonds. The summed E-state index contributed by atoms with van der Waals surface area (Å²) in [7, 11) is 5.20. The third-order valence-electron chi connectivity index (χ3n) is 3.86. The number of rotatable bonds is 6. The smallest absolute Gasteiger partial charge is 0.266 e. The van der Waals surface area contributed by atoms with Gasteiger partial charge in [0.15, 0.2) is 5.17 Å². The molecule has 1 aromatic carbocycles. The van der Waals surface area contributed by atoms with E-state index in [4.69, 9.17) is 9.47 Å². The van der Waals surface area contributed by atoms with E-state index in [0.29, 0.717) is 23.2 Å². The van der Waals surface area contributed by atoms with Gasteiger partial charge in [-0.1, -0.05) is 0 Å². The van der Waals surface area contributed by atoms with Crippen LogP contribution in [0.25, 0.3) is 6.08 Å². The maximum absolute atomic E-state index is 12.8. The highest BCUT2D eigenvalue weighted by atomic mass is 32.2. The zero-order chi connectivity index (χ0) is 18.5. The van der Waals surface area contributed by atoms with Crippen LogP contribution in [0.3, 0.4) is 0 Å². The van der Waals surface area contributed by atoms with Crippen molar-refractivity contribution in [3.63, 3.8) is 0 Å². The first-order valence-corrected chi connectivity index (χ1v) is 8.97. The van der Waals surface area contributed by atoms with Crippen LogP contribution in [0, 0.1) is 0 Å². The summed E-state index contributed by atoms with van der Waals surface area (Å²) >= 11 is 1.38. The van der Waals surface area contributed by atoms with E-state index in [2.05, 4.69) is 4.99 Å². The summed E-state index contributed by atoms with van der Waals surface area (Å²) in [6, 6.07) is 9.40. The Morgan fingerprint density at radius 1 is 1.19 bits per heavy atom. The molecule has 1 aliphatic rings. The minimum atomic E-state index is -0.0526. The van der Waals surface area contributed by atoms with Crippen LogP contribution in [0.1, 0.15) is 5.56 Å². The molecule has 1 saturated heterocycles. The maximum Gasteiger partial charge on any atom is 0.266 e. The first kappa shape index (κ1) is 18.3. The summed E-state index contributed by atoms with van der Waals surface area (Å²) in [4.78, 5) is 19.8. The van der Waals surface area contributed by atoms with Crippen LogP contribution in [-0.2, 0) is 16.6 Å². The molecular formula is C19H21N3O3S. The van der Waals surface area contributed by atoms with E-state index in [-0.39, 0.29) is 5.91 Å². The predicted octanol–water partition coefficient (Wildman–Crippen LogP) is 3.28. The van der Waals surface area contributed by atoms with E-state index in [1.165, 1.54) is 11.8 Å². The Kier molecular flexibility index (Phi) is 5.80. The number of ether oxygens (including phenoxy) is 2. The van der Waals surface area contributed by atoms with Crippen molar-refractivity contribution in [2.24, 2.45) is 12.0 Å². The van der Waals surface area contributed by atoms with Crippen LogP contribution in [0.15, 0.2) is 52.6 Å². The lowest BCUT2D eigenvalue weighted by Gasteiger charge is -2.14. The molecular weight excluding hydrogens is 350 g/mol. The number of nitrogens with zero attached hydrogens (tertiary/aromatic N) is 3. The zero-order valence-corrected chi connectivity index (χ0v) is 15.8. The summed E-state index contributed by atoms with van der Waals surface area (Å²) in [6.07, 6.45) is 5.81. The van der Waals surface area contributed by atoms with E-state index in [1.807, 2.05) is 60.4 Å². The third-order valence-corrected chi connectivity index (χ3v) is 4.86. The van der Waals surface area contributed by atoms with E-state index >= 15 is 0 Å². The number of benzene rings is 1. The Bertz CT molecular complexity index is 840. The van der Waals surface area contributed by atoms with Gasteiger partial charge in [-0.05, 0) is 53.7 Å². The topological polar surface area (TPSA) is 56.1 Å². The van der Waals surface area contributed by atoms with Crippen LogP contribution in [0.5, 0.6) is 5.75 Å². The van der Waals surface area contributed by atoms with Crippen LogP contribution in [-0.4, -0.2) is 47.9 Å². The molecule has 2 aromatic rings. The number of methoxy groups -OCH3 is 2. The van der Waals surface area contributed by atoms with Gasteiger partial charge in [0.1, 0.15) is 5.75 Å². The van der Waals surface area contributed by atoms with Crippen molar-refractivity contribution in [2.45, 2.75) is 0 Å². The van der Waals surface area contributed by atoms with E-state index in [0.717, 1.165) is 17.0 Å². The van der Waals surface area contributed by atoms with Crippen molar-refractivity contribution in [1.29, 1.82) is 0 Å². The molecule has 0 unspecified atom stereocenters. The van der Waals surface area contributed by atoms with E-state index < -0.39 is 0 Å². The number of carbonyl (C=O) groups excluding carboxylic acids is 1. The zero-order valence-electron chi connectivity index (χ0n) is 15.0. The first-order valence-electron chi connectivity index (χ1n) is 8.16. The van der Waals surface area contributed by atoms with Crippen molar-refractivity contribution in [3.8, 4) is 5.75 Å². The van der Waals surface area contributed by atoms with Gasteiger partial charge in [-0.2, -0.15) is 0 Å². The number of aromatic nitrogens is 1. The van der Waals surface area contributed by atoms with Gasteiger partial charge in [0, 0.05) is 26.6 Å². The second kappa shape index (κ2) is 8.25. The molecule has 0 radical (unpaired) electrons. The molecule has 2 heterocycles. The van der Waals surface area contributed by atoms with Crippen LogP contribution in [0.4, 0.5) is 5.69 Å². The minimum Gasteiger partial charge on any atom is -0.497 e. The molecule has 1 aromatic heterocycles. The summed E-state index contributed by atoms with van der Waals surface area (Å²) < 4.78 is 12.3. The SMILES string of the molecule is COCCN1C(=O)/C(=C\c2ccn(C)c2)SC1=Nc1ccc(OC)cc1. The molecule has 0 N–H and O–H groups in total. The van der Waals surface area contributed by atoms with Gasteiger partial charge < -0.3 is 14.0 Å². The number of aryl methyl sites for hydroxylation is 1. The van der Waals surface area contributed by atoms with Crippen molar-refractivity contribution in [3.05, 3.63) is 53.2 Å². The van der Waals surface area contributed by atoms with Crippen molar-refractivity contribution >= 4 is 34.6 Å². The lowest BCUT2D eigenvalue weighted by atomic mass is 10.3. The van der Waals surface area contributed by atoms with Gasteiger partial charge in [0.2, 0.25) is 0 Å². The van der Waals surface area contributed by atoms with Crippen LogP contribution in [0.2, 0.25) is 0 Å². The average molecular weight is 371 g/mol. The molecule has 0 saturated carbocycles. The monoisotopic (exact) mass is 371 g/mol. The second-order valence-corrected chi connectivity index (χ2v) is 6.77. The summed E-state index contributed by atoms with van der Waals surface area (Å²) in [6.45, 7) is 0.913. The molecule has 0 atom stereocenters. The Balaban J connectivity index is 1.89. The summed E-state index contributed by atoms with van der Waals surface area (Å²) in [5.41, 5.74) is 1.75. The summed E-state index contributed by atoms with van der Waals surface area (Å²) in [5.74, 6) is 0.716. The minimum absolute atomic E-state index is 0.0526. The molecule has 136 valence electrons. The Labute approximate surface area is 157 Å². The normalized spacial score (nSPS) is 17.5. The largest absolute Gasteiger partial charge is 0.497 e. The highest BCUT2D eigenvalue weighted by Crippen LogP contribution is 2.34. The fraction of sp³-hybridized carbons (Fsp3) is 0.263. The molecule has 0 aliphatic carbocycles. The molecule has 0 bridgehead atoms. The van der Waals surface area contributed by atoms with Gasteiger partial charge in [-0.25, -0.2) is 4.99 Å². The van der Waals surface area contributed by atoms with E-state index in [1.54, 1.807) is 19.1 Å². The Morgan fingerprint density at radius 3 is 2.58 bits per heavy atom. The fourth-order valence-electron chi connectivity index (χ4n) is 2.50. The molecule has 3 rings (SSSR count). The quantitative estimate of drug-likeness (QED) is 0.731. The summed E-state index contributed by atoms with van der Waals surface area (Å²) in [5, 5.41) is 0.652. The molecule has 7 heteroatoms. The number of aliphatic imine (C=N–C) groups is 1. The number of hydrogen-bond acceptors (Lipinski definition) is 5. The lowest BCUT2D eigenvalue weighted by molar-refractivity contribution is -0.122. The van der Waals surface area contributed by atoms with Crippen molar-refractivity contribution < 1.29 is 14.3 Å². The number of amides is 1. The number of hydrogen-bond donors (Lipinski definition) is 0. The first-order chi connectivity index (χ1) is 12.6. The van der Waals surface area contributed by atoms with Gasteiger partial charge in [0.25, 0.3) is 5.91 Å². The second-order valence-electron chi connectivity index (χ2n) is 5.76. The van der Waals surface area contributed by atoms with Gasteiger partial charge in [-0.3, -0.25) is 9.69 Å². The van der Waals surface area contributed by atoms with Gasteiger partial charge in [-0.15, -0.1) is 0 Å². The molecule has 0 spiro atoms. The molecule has 1 fully saturated rings. The molecule has 26 heavy (non-hydrogen) atoms. The van der Waals surface area contributed by atoms with Gasteiger partial charge >= 0.3 is 0 Å². The van der Waals surface area contributed by atoms with Gasteiger partial charge in [0.05, 0.1) is 30.9 Å². The van der Waals surface area contributed by atoms with Crippen molar-refractivity contribution in [1.82, 2.24) is 9.47 Å². The van der Waals surface area contributed by atoms with Crippen LogP contribution >= 0.6 is 11.8 Å². The van der Waals surface area contributed by atoms with Crippen molar-refractivity contribution in [2.75, 3.05) is 27.4 Å². The third kappa shape index (κ3) is 4.17. The van der Waals surface area contributed by atoms with Crippen LogP contribution < -0.4 is 4.74 Å². The molecule has 1 aliphatic heterocycles. The standard InChI is InChI=1S/C19H21N3O3S/c1-21-9-8-14(13-21)12-17-18(23)22(10-11-24-2)19(26-17)20-15-4-6-16(25-3)7-5-15/h4-9,12-13H,10-11H2,1-3H3/b17-12+,20-19?. The number of amidine groups is 1. The van der Waals surface area contributed by atoms with E-state index in [9.17, 15) is 4.79 Å². The average Bonchev–Trinajstić information content (AvgIpc) is 3.18. The number of thioether (sulfide) groups is 1. The highest BCUT2D eigenvalue weighted by molar-refractivity contribution is 8.18. The maximum atomic E-state index is 12.8. The number of carbonyl (C=O) groups is 1. The highest BCUT2D eigenvalue weighted by Gasteiger charge is 2.33. The molecule has 6 nitrogen and oxygen atoms in total. The Morgan fingerprint density at radius 2 is 1.96 bits per heavy atom. The lowest BCUT2D eigenvalue weighted by Crippen LogP contribution is -2.32. The Hall–Kier alpha value is -2.51. The predicted molar refractivity (Wildman–Crippen MR) is 105 cm³/mol. The fourth-order valence-corrected chi connectivity index (χ4v) is 3.52.